The number of halogens is 2. The second-order valence-electron chi connectivity index (χ2n) is 8.14. The highest BCUT2D eigenvalue weighted by atomic mass is 35.5. The lowest BCUT2D eigenvalue weighted by atomic mass is 10.2. The van der Waals surface area contributed by atoms with Crippen LogP contribution in [0, 0.1) is 5.82 Å². The van der Waals surface area contributed by atoms with Gasteiger partial charge in [0.05, 0.1) is 21.5 Å². The largest absolute Gasteiger partial charge is 0.370 e. The van der Waals surface area contributed by atoms with Crippen LogP contribution < -0.4 is 15.5 Å². The van der Waals surface area contributed by atoms with E-state index in [1.165, 1.54) is 28.4 Å². The number of benzene rings is 1. The first-order chi connectivity index (χ1) is 16.4. The highest BCUT2D eigenvalue weighted by molar-refractivity contribution is 7.18. The molecule has 1 atom stereocenters. The Hall–Kier alpha value is -2.53. The van der Waals surface area contributed by atoms with Gasteiger partial charge in [-0.15, -0.1) is 11.3 Å². The predicted molar refractivity (Wildman–Crippen MR) is 129 cm³/mol. The summed E-state index contributed by atoms with van der Waals surface area (Å²) in [5.74, 6) is -1.56. The van der Waals surface area contributed by atoms with Crippen molar-refractivity contribution >= 4 is 52.0 Å². The number of hydrogen-bond donors (Lipinski definition) is 2. The molecule has 4 rings (SSSR count). The Bertz CT molecular complexity index is 1080. The van der Waals surface area contributed by atoms with Crippen molar-refractivity contribution in [3.05, 3.63) is 45.4 Å². The molecule has 182 valence electrons. The number of hydrogen-bond acceptors (Lipinski definition) is 6. The number of morpholine rings is 1. The molecule has 2 fully saturated rings. The maximum absolute atomic E-state index is 14.8. The van der Waals surface area contributed by atoms with Gasteiger partial charge in [-0.3, -0.25) is 19.3 Å². The Morgan fingerprint density at radius 3 is 2.74 bits per heavy atom. The van der Waals surface area contributed by atoms with Gasteiger partial charge in [-0.2, -0.15) is 0 Å². The van der Waals surface area contributed by atoms with E-state index >= 15 is 0 Å². The minimum Gasteiger partial charge on any atom is -0.370 e. The van der Waals surface area contributed by atoms with Crippen LogP contribution in [-0.4, -0.2) is 67.6 Å². The first kappa shape index (κ1) is 24.6. The van der Waals surface area contributed by atoms with Crippen LogP contribution in [0.5, 0.6) is 0 Å². The minimum atomic E-state index is -0.625. The molecule has 0 unspecified atom stereocenters. The number of thiophene rings is 1. The summed E-state index contributed by atoms with van der Waals surface area (Å²) in [6.45, 7) is 3.22. The van der Waals surface area contributed by atoms with E-state index < -0.39 is 11.9 Å². The summed E-state index contributed by atoms with van der Waals surface area (Å²) in [5, 5.41) is 5.60. The van der Waals surface area contributed by atoms with Crippen LogP contribution in [0.25, 0.3) is 0 Å². The molecule has 34 heavy (non-hydrogen) atoms. The third-order valence-electron chi connectivity index (χ3n) is 5.83. The summed E-state index contributed by atoms with van der Waals surface area (Å²) in [6, 6.07) is 7.18. The lowest BCUT2D eigenvalue weighted by Crippen LogP contribution is -2.51. The molecule has 1 aliphatic heterocycles. The van der Waals surface area contributed by atoms with Crippen LogP contribution in [0.4, 0.5) is 15.8 Å². The molecule has 1 aliphatic carbocycles. The summed E-state index contributed by atoms with van der Waals surface area (Å²) in [4.78, 5) is 41.6. The van der Waals surface area contributed by atoms with E-state index in [0.29, 0.717) is 22.4 Å². The number of nitrogens with zero attached hydrogens (tertiary/aromatic N) is 2. The van der Waals surface area contributed by atoms with Crippen molar-refractivity contribution in [1.82, 2.24) is 10.2 Å². The lowest BCUT2D eigenvalue weighted by Gasteiger charge is -2.30. The van der Waals surface area contributed by atoms with Gasteiger partial charge in [0.15, 0.2) is 0 Å². The van der Waals surface area contributed by atoms with E-state index in [-0.39, 0.29) is 54.8 Å². The van der Waals surface area contributed by atoms with E-state index in [1.54, 1.807) is 18.2 Å². The summed E-state index contributed by atoms with van der Waals surface area (Å²) in [7, 11) is 0. The molecule has 0 radical (unpaired) electrons. The Balaban J connectivity index is 1.46. The number of nitrogens with one attached hydrogen (secondary N) is 2. The average Bonchev–Trinajstić information content (AvgIpc) is 3.56. The number of anilines is 2. The van der Waals surface area contributed by atoms with E-state index in [2.05, 4.69) is 10.6 Å². The summed E-state index contributed by atoms with van der Waals surface area (Å²) < 4.78 is 20.4. The summed E-state index contributed by atoms with van der Waals surface area (Å²) in [5.41, 5.74) is 0.429. The lowest BCUT2D eigenvalue weighted by molar-refractivity contribution is -0.125. The molecule has 1 saturated heterocycles. The number of amides is 3. The Kier molecular flexibility index (Phi) is 7.82. The van der Waals surface area contributed by atoms with E-state index in [0.717, 1.165) is 12.8 Å². The molecule has 2 aliphatic rings. The van der Waals surface area contributed by atoms with E-state index in [1.807, 2.05) is 11.8 Å². The Labute approximate surface area is 206 Å². The number of ether oxygens (including phenoxy) is 1. The second-order valence-corrected chi connectivity index (χ2v) is 9.86. The van der Waals surface area contributed by atoms with Gasteiger partial charge >= 0.3 is 0 Å². The van der Waals surface area contributed by atoms with Crippen molar-refractivity contribution in [2.45, 2.75) is 31.8 Å². The smallest absolute Gasteiger partial charge is 0.261 e. The van der Waals surface area contributed by atoms with Crippen LogP contribution >= 0.6 is 22.9 Å². The van der Waals surface area contributed by atoms with Gasteiger partial charge in [-0.05, 0) is 49.7 Å². The molecular formula is C23H26ClFN4O4S. The second kappa shape index (κ2) is 10.8. The molecule has 1 aromatic carbocycles. The molecule has 0 bridgehead atoms. The van der Waals surface area contributed by atoms with Gasteiger partial charge in [-0.1, -0.05) is 18.5 Å². The van der Waals surface area contributed by atoms with Crippen LogP contribution in [0.3, 0.4) is 0 Å². The van der Waals surface area contributed by atoms with Crippen LogP contribution in [0.15, 0.2) is 30.3 Å². The van der Waals surface area contributed by atoms with Gasteiger partial charge in [0.25, 0.3) is 11.8 Å². The van der Waals surface area contributed by atoms with Crippen molar-refractivity contribution in [3.8, 4) is 0 Å². The molecule has 1 saturated carbocycles. The van der Waals surface area contributed by atoms with Crippen molar-refractivity contribution in [2.24, 2.45) is 0 Å². The third-order valence-corrected chi connectivity index (χ3v) is 7.06. The topological polar surface area (TPSA) is 91.0 Å². The maximum atomic E-state index is 14.8. The number of carbonyl (C=O) groups is 3. The fourth-order valence-corrected chi connectivity index (χ4v) is 4.97. The minimum absolute atomic E-state index is 0.0863. The molecule has 2 N–H and O–H groups in total. The van der Waals surface area contributed by atoms with Crippen molar-refractivity contribution in [3.63, 3.8) is 0 Å². The molecule has 3 amide bonds. The van der Waals surface area contributed by atoms with Crippen LogP contribution in [0.2, 0.25) is 4.34 Å². The fraction of sp³-hybridized carbons (Fsp3) is 0.435. The zero-order chi connectivity index (χ0) is 24.2. The maximum Gasteiger partial charge on any atom is 0.261 e. The van der Waals surface area contributed by atoms with E-state index in [9.17, 15) is 18.8 Å². The monoisotopic (exact) mass is 508 g/mol. The zero-order valence-electron chi connectivity index (χ0n) is 18.7. The average molecular weight is 509 g/mol. The number of carbonyl (C=O) groups excluding carboxylic acids is 3. The van der Waals surface area contributed by atoms with Gasteiger partial charge < -0.3 is 20.3 Å². The fourth-order valence-electron chi connectivity index (χ4n) is 4.01. The highest BCUT2D eigenvalue weighted by Gasteiger charge is 2.36. The quantitative estimate of drug-likeness (QED) is 0.543. The molecule has 2 aromatic rings. The molecular weight excluding hydrogens is 483 g/mol. The van der Waals surface area contributed by atoms with Crippen LogP contribution in [-0.2, 0) is 14.3 Å². The molecule has 8 nitrogen and oxygen atoms in total. The van der Waals surface area contributed by atoms with Crippen molar-refractivity contribution in [2.75, 3.05) is 43.1 Å². The van der Waals surface area contributed by atoms with Gasteiger partial charge in [0, 0.05) is 24.8 Å². The van der Waals surface area contributed by atoms with Gasteiger partial charge in [0.2, 0.25) is 5.91 Å². The SMILES string of the molecule is CCN(C1CC1)[C@H](CNC(=O)c1ccc(Cl)s1)C(=O)Nc1ccc(N2CCOCC2=O)c(F)c1. The Morgan fingerprint density at radius 2 is 2.12 bits per heavy atom. The van der Waals surface area contributed by atoms with Crippen molar-refractivity contribution < 1.29 is 23.5 Å². The van der Waals surface area contributed by atoms with Gasteiger partial charge in [-0.25, -0.2) is 4.39 Å². The number of rotatable bonds is 9. The molecule has 0 spiro atoms. The summed E-state index contributed by atoms with van der Waals surface area (Å²) in [6.07, 6.45) is 1.98. The molecule has 2 heterocycles. The molecule has 11 heteroatoms. The first-order valence-electron chi connectivity index (χ1n) is 11.1. The first-order valence-corrected chi connectivity index (χ1v) is 12.3. The Morgan fingerprint density at radius 1 is 1.32 bits per heavy atom. The highest BCUT2D eigenvalue weighted by Crippen LogP contribution is 2.29. The van der Waals surface area contributed by atoms with Crippen LogP contribution in [0.1, 0.15) is 29.4 Å². The standard InChI is InChI=1S/C23H26ClFN4O4S/c1-2-28(15-4-5-15)18(12-26-23(32)19-7-8-20(24)34-19)22(31)27-14-3-6-17(16(25)11-14)29-9-10-33-13-21(29)30/h3,6-8,11,15,18H,2,4-5,9-10,12-13H2,1H3,(H,26,32)(H,27,31)/t18-/m1/s1. The zero-order valence-corrected chi connectivity index (χ0v) is 20.3. The summed E-state index contributed by atoms with van der Waals surface area (Å²) >= 11 is 7.09. The third kappa shape index (κ3) is 5.75. The van der Waals surface area contributed by atoms with Gasteiger partial charge in [0.1, 0.15) is 18.5 Å². The normalized spacial score (nSPS) is 17.1. The molecule has 1 aromatic heterocycles. The predicted octanol–water partition coefficient (Wildman–Crippen LogP) is 3.13. The van der Waals surface area contributed by atoms with E-state index in [4.69, 9.17) is 16.3 Å². The number of likely N-dealkylation sites (N-methyl/N-ethyl adjacent to an activating group) is 1. The van der Waals surface area contributed by atoms with Crippen molar-refractivity contribution in [1.29, 1.82) is 0 Å².